The molecule has 0 saturated heterocycles. The van der Waals surface area contributed by atoms with Gasteiger partial charge in [0.25, 0.3) is 5.91 Å². The van der Waals surface area contributed by atoms with Crippen LogP contribution in [0.1, 0.15) is 39.2 Å². The number of halogens is 1. The molecule has 2 N–H and O–H groups in total. The largest absolute Gasteiger partial charge is 0.492 e. The molecule has 0 spiro atoms. The summed E-state index contributed by atoms with van der Waals surface area (Å²) < 4.78 is 19.8. The lowest BCUT2D eigenvalue weighted by Crippen LogP contribution is -2.42. The topological polar surface area (TPSA) is 57.4 Å². The molecule has 0 bridgehead atoms. The van der Waals surface area contributed by atoms with Crippen molar-refractivity contribution in [2.75, 3.05) is 20.2 Å². The normalized spacial score (nSPS) is 22.3. The van der Waals surface area contributed by atoms with Gasteiger partial charge in [0.1, 0.15) is 18.2 Å². The molecular weight excluding hydrogens is 393 g/mol. The molecule has 6 heteroatoms. The molecular formula is C25H26FN3O2. The summed E-state index contributed by atoms with van der Waals surface area (Å²) >= 11 is 0. The number of ether oxygens (including phenoxy) is 1. The van der Waals surface area contributed by atoms with Crippen LogP contribution in [0.15, 0.2) is 30.3 Å². The molecule has 3 aliphatic rings. The maximum absolute atomic E-state index is 13.8. The van der Waals surface area contributed by atoms with Crippen molar-refractivity contribution in [3.63, 3.8) is 0 Å². The summed E-state index contributed by atoms with van der Waals surface area (Å²) in [5.74, 6) is 1.27. The molecule has 1 amide bonds. The van der Waals surface area contributed by atoms with Gasteiger partial charge in [-0.3, -0.25) is 4.79 Å². The van der Waals surface area contributed by atoms with Crippen molar-refractivity contribution in [2.24, 2.45) is 5.92 Å². The van der Waals surface area contributed by atoms with Gasteiger partial charge in [-0.2, -0.15) is 0 Å². The third kappa shape index (κ3) is 3.12. The van der Waals surface area contributed by atoms with Gasteiger partial charge >= 0.3 is 0 Å². The Labute approximate surface area is 180 Å². The third-order valence-electron chi connectivity index (χ3n) is 7.16. The Hall–Kier alpha value is -2.86. The van der Waals surface area contributed by atoms with E-state index >= 15 is 0 Å². The maximum atomic E-state index is 13.8. The first kappa shape index (κ1) is 18.9. The minimum absolute atomic E-state index is 0.0995. The summed E-state index contributed by atoms with van der Waals surface area (Å²) in [6, 6.07) is 9.23. The highest BCUT2D eigenvalue weighted by Gasteiger charge is 2.33. The van der Waals surface area contributed by atoms with Crippen molar-refractivity contribution in [1.29, 1.82) is 0 Å². The second kappa shape index (κ2) is 7.09. The van der Waals surface area contributed by atoms with Crippen LogP contribution in [-0.4, -0.2) is 42.0 Å². The summed E-state index contributed by atoms with van der Waals surface area (Å²) in [6.45, 7) is 2.19. The molecule has 6 rings (SSSR count). The number of carbonyl (C=O) groups excluding carboxylic acids is 1. The van der Waals surface area contributed by atoms with Crippen LogP contribution in [0.2, 0.25) is 0 Å². The molecule has 5 nitrogen and oxygen atoms in total. The van der Waals surface area contributed by atoms with Gasteiger partial charge in [-0.1, -0.05) is 6.07 Å². The van der Waals surface area contributed by atoms with Crippen LogP contribution in [0, 0.1) is 11.7 Å². The van der Waals surface area contributed by atoms with E-state index in [0.29, 0.717) is 19.1 Å². The molecule has 0 fully saturated rings. The summed E-state index contributed by atoms with van der Waals surface area (Å²) in [5, 5.41) is 4.72. The summed E-state index contributed by atoms with van der Waals surface area (Å²) in [4.78, 5) is 17.9. The Bertz CT molecular complexity index is 1200. The molecule has 3 heterocycles. The lowest BCUT2D eigenvalue weighted by molar-refractivity contribution is 0.0814. The van der Waals surface area contributed by atoms with E-state index in [1.54, 1.807) is 11.0 Å². The van der Waals surface area contributed by atoms with Crippen LogP contribution >= 0.6 is 0 Å². The highest BCUT2D eigenvalue weighted by Crippen LogP contribution is 2.35. The Morgan fingerprint density at radius 3 is 3.03 bits per heavy atom. The SMILES string of the molecule is CN1Cc2ccc3c(c2C1=O)CC(NCC1CCc2[nH]c4ccc(F)cc4c2C1)CO3. The van der Waals surface area contributed by atoms with Crippen molar-refractivity contribution in [3.05, 3.63) is 64.1 Å². The number of aromatic amines is 1. The fraction of sp³-hybridized carbons (Fsp3) is 0.400. The van der Waals surface area contributed by atoms with Gasteiger partial charge in [0.2, 0.25) is 0 Å². The monoisotopic (exact) mass is 419 g/mol. The average molecular weight is 420 g/mol. The number of nitrogens with zero attached hydrogens (tertiary/aromatic N) is 1. The smallest absolute Gasteiger partial charge is 0.254 e. The second-order valence-electron chi connectivity index (χ2n) is 9.24. The molecule has 0 radical (unpaired) electrons. The van der Waals surface area contributed by atoms with Crippen LogP contribution in [-0.2, 0) is 25.8 Å². The van der Waals surface area contributed by atoms with Gasteiger partial charge < -0.3 is 19.9 Å². The second-order valence-corrected chi connectivity index (χ2v) is 9.24. The van der Waals surface area contributed by atoms with Crippen molar-refractivity contribution >= 4 is 16.8 Å². The van der Waals surface area contributed by atoms with E-state index in [9.17, 15) is 9.18 Å². The zero-order valence-electron chi connectivity index (χ0n) is 17.6. The standard InChI is InChI=1S/C25H26FN3O2/c1-29-12-15-3-7-23-20(24(15)25(29)30)10-17(13-31-23)27-11-14-2-5-21-18(8-14)19-9-16(26)4-6-22(19)28-21/h3-4,6-7,9,14,17,27-28H,2,5,8,10-13H2,1H3. The Morgan fingerprint density at radius 2 is 2.13 bits per heavy atom. The van der Waals surface area contributed by atoms with E-state index in [0.717, 1.165) is 65.6 Å². The fourth-order valence-corrected chi connectivity index (χ4v) is 5.53. The Balaban J connectivity index is 1.16. The van der Waals surface area contributed by atoms with Crippen molar-refractivity contribution in [3.8, 4) is 5.75 Å². The molecule has 2 aromatic carbocycles. The summed E-state index contributed by atoms with van der Waals surface area (Å²) in [5.41, 5.74) is 6.54. The van der Waals surface area contributed by atoms with E-state index in [4.69, 9.17) is 4.74 Å². The molecule has 1 aliphatic carbocycles. The number of fused-ring (bicyclic) bond motifs is 6. The number of amides is 1. The number of carbonyl (C=O) groups is 1. The van der Waals surface area contributed by atoms with Crippen LogP contribution < -0.4 is 10.1 Å². The lowest BCUT2D eigenvalue weighted by Gasteiger charge is -2.30. The predicted octanol–water partition coefficient (Wildman–Crippen LogP) is 3.59. The number of aromatic nitrogens is 1. The van der Waals surface area contributed by atoms with E-state index in [2.05, 4.69) is 10.3 Å². The molecule has 2 aliphatic heterocycles. The van der Waals surface area contributed by atoms with Gasteiger partial charge in [-0.05, 0) is 73.5 Å². The van der Waals surface area contributed by atoms with Crippen molar-refractivity contribution in [2.45, 2.75) is 38.3 Å². The van der Waals surface area contributed by atoms with E-state index in [-0.39, 0.29) is 17.8 Å². The first-order chi connectivity index (χ1) is 15.1. The third-order valence-corrected chi connectivity index (χ3v) is 7.16. The average Bonchev–Trinajstić information content (AvgIpc) is 3.28. The molecule has 160 valence electrons. The van der Waals surface area contributed by atoms with Crippen molar-refractivity contribution < 1.29 is 13.9 Å². The van der Waals surface area contributed by atoms with Crippen LogP contribution in [0.4, 0.5) is 4.39 Å². The Kier molecular flexibility index (Phi) is 4.32. The van der Waals surface area contributed by atoms with E-state index < -0.39 is 0 Å². The number of rotatable bonds is 3. The van der Waals surface area contributed by atoms with Crippen molar-refractivity contribution in [1.82, 2.24) is 15.2 Å². The minimum atomic E-state index is -0.180. The highest BCUT2D eigenvalue weighted by atomic mass is 19.1. The van der Waals surface area contributed by atoms with Crippen LogP contribution in [0.25, 0.3) is 10.9 Å². The zero-order chi connectivity index (χ0) is 21.1. The first-order valence-corrected chi connectivity index (χ1v) is 11.1. The van der Waals surface area contributed by atoms with Crippen LogP contribution in [0.3, 0.4) is 0 Å². The maximum Gasteiger partial charge on any atom is 0.254 e. The molecule has 1 aromatic heterocycles. The number of hydrogen-bond acceptors (Lipinski definition) is 3. The lowest BCUT2D eigenvalue weighted by atomic mass is 9.86. The summed E-state index contributed by atoms with van der Waals surface area (Å²) in [7, 11) is 1.85. The number of benzene rings is 2. The van der Waals surface area contributed by atoms with Gasteiger partial charge in [-0.25, -0.2) is 4.39 Å². The fourth-order valence-electron chi connectivity index (χ4n) is 5.53. The van der Waals surface area contributed by atoms with Gasteiger partial charge in [0.15, 0.2) is 0 Å². The molecule has 2 atom stereocenters. The molecule has 31 heavy (non-hydrogen) atoms. The molecule has 3 aromatic rings. The van der Waals surface area contributed by atoms with Crippen LogP contribution in [0.5, 0.6) is 5.75 Å². The summed E-state index contributed by atoms with van der Waals surface area (Å²) in [6.07, 6.45) is 3.87. The highest BCUT2D eigenvalue weighted by molar-refractivity contribution is 6.00. The number of nitrogens with one attached hydrogen (secondary N) is 2. The molecule has 2 unspecified atom stereocenters. The Morgan fingerprint density at radius 1 is 1.23 bits per heavy atom. The first-order valence-electron chi connectivity index (χ1n) is 11.1. The van der Waals surface area contributed by atoms with E-state index in [1.807, 2.05) is 25.2 Å². The zero-order valence-corrected chi connectivity index (χ0v) is 17.6. The van der Waals surface area contributed by atoms with Gasteiger partial charge in [0, 0.05) is 41.8 Å². The van der Waals surface area contributed by atoms with Gasteiger partial charge in [0.05, 0.1) is 5.56 Å². The number of aryl methyl sites for hydroxylation is 1. The number of H-pyrrole nitrogens is 1. The molecule has 0 saturated carbocycles. The quantitative estimate of drug-likeness (QED) is 0.682. The number of hydrogen-bond donors (Lipinski definition) is 2. The predicted molar refractivity (Wildman–Crippen MR) is 117 cm³/mol. The van der Waals surface area contributed by atoms with E-state index in [1.165, 1.54) is 17.3 Å². The van der Waals surface area contributed by atoms with Gasteiger partial charge in [-0.15, -0.1) is 0 Å². The minimum Gasteiger partial charge on any atom is -0.492 e.